The number of rotatable bonds is 2. The molecule has 0 radical (unpaired) electrons. The highest BCUT2D eigenvalue weighted by Gasteiger charge is 2.24. The molecule has 0 atom stereocenters. The van der Waals surface area contributed by atoms with E-state index in [4.69, 9.17) is 0 Å². The number of aromatic hydroxyl groups is 2. The summed E-state index contributed by atoms with van der Waals surface area (Å²) in [5.41, 5.74) is 0.704. The van der Waals surface area contributed by atoms with Crippen molar-refractivity contribution in [2.75, 3.05) is 26.2 Å². The molecule has 2 aromatic rings. The molecule has 2 aromatic carbocycles. The molecule has 130 valence electrons. The van der Waals surface area contributed by atoms with Crippen LogP contribution in [0.4, 0.5) is 0 Å². The largest absolute Gasteiger partial charge is 0.508 e. The van der Waals surface area contributed by atoms with Crippen LogP contribution < -0.4 is 0 Å². The van der Waals surface area contributed by atoms with Crippen LogP contribution in [0.3, 0.4) is 0 Å². The minimum atomic E-state index is -0.232. The Morgan fingerprint density at radius 1 is 0.800 bits per heavy atom. The first-order valence-corrected chi connectivity index (χ1v) is 8.22. The summed E-state index contributed by atoms with van der Waals surface area (Å²) in [6.07, 6.45) is 0.657. The number of hydrogen-bond donors (Lipinski definition) is 2. The third-order valence-electron chi connectivity index (χ3n) is 4.30. The van der Waals surface area contributed by atoms with Crippen LogP contribution in [0.25, 0.3) is 0 Å². The second-order valence-corrected chi connectivity index (χ2v) is 6.01. The Hall–Kier alpha value is -3.02. The number of amides is 2. The fourth-order valence-electron chi connectivity index (χ4n) is 2.97. The zero-order valence-electron chi connectivity index (χ0n) is 13.8. The topological polar surface area (TPSA) is 81.1 Å². The van der Waals surface area contributed by atoms with Crippen molar-refractivity contribution in [3.63, 3.8) is 0 Å². The number of carbonyl (C=O) groups excluding carboxylic acids is 2. The van der Waals surface area contributed by atoms with Crippen molar-refractivity contribution >= 4 is 11.8 Å². The van der Waals surface area contributed by atoms with Crippen molar-refractivity contribution in [3.05, 3.63) is 59.7 Å². The molecule has 6 heteroatoms. The van der Waals surface area contributed by atoms with E-state index in [1.54, 1.807) is 40.1 Å². The van der Waals surface area contributed by atoms with Crippen LogP contribution >= 0.6 is 0 Å². The lowest BCUT2D eigenvalue weighted by Gasteiger charge is -2.22. The van der Waals surface area contributed by atoms with Gasteiger partial charge in [-0.25, -0.2) is 0 Å². The van der Waals surface area contributed by atoms with Crippen LogP contribution in [0, 0.1) is 0 Å². The van der Waals surface area contributed by atoms with Crippen molar-refractivity contribution in [1.29, 1.82) is 0 Å². The summed E-state index contributed by atoms with van der Waals surface area (Å²) < 4.78 is 0. The van der Waals surface area contributed by atoms with Gasteiger partial charge in [0.1, 0.15) is 11.5 Å². The average Bonchev–Trinajstić information content (AvgIpc) is 2.87. The van der Waals surface area contributed by atoms with E-state index in [1.165, 1.54) is 18.2 Å². The van der Waals surface area contributed by atoms with E-state index in [1.807, 2.05) is 0 Å². The summed E-state index contributed by atoms with van der Waals surface area (Å²) in [5.74, 6) is -0.376. The predicted molar refractivity (Wildman–Crippen MR) is 92.6 cm³/mol. The quantitative estimate of drug-likeness (QED) is 0.877. The zero-order chi connectivity index (χ0) is 17.8. The van der Waals surface area contributed by atoms with Gasteiger partial charge in [0.05, 0.1) is 5.56 Å². The van der Waals surface area contributed by atoms with E-state index < -0.39 is 0 Å². The van der Waals surface area contributed by atoms with Gasteiger partial charge in [-0.2, -0.15) is 0 Å². The molecule has 0 aromatic heterocycles. The molecule has 0 saturated carbocycles. The molecular weight excluding hydrogens is 320 g/mol. The van der Waals surface area contributed by atoms with Crippen LogP contribution in [0.2, 0.25) is 0 Å². The summed E-state index contributed by atoms with van der Waals surface area (Å²) in [6.45, 7) is 1.88. The zero-order valence-corrected chi connectivity index (χ0v) is 13.8. The van der Waals surface area contributed by atoms with Gasteiger partial charge in [-0.05, 0) is 36.8 Å². The molecule has 1 fully saturated rings. The number of para-hydroxylation sites is 1. The summed E-state index contributed by atoms with van der Waals surface area (Å²) in [4.78, 5) is 28.5. The lowest BCUT2D eigenvalue weighted by molar-refractivity contribution is 0.0717. The van der Waals surface area contributed by atoms with Gasteiger partial charge < -0.3 is 20.0 Å². The van der Waals surface area contributed by atoms with Gasteiger partial charge in [-0.15, -0.1) is 0 Å². The third kappa shape index (κ3) is 3.74. The summed E-state index contributed by atoms with van der Waals surface area (Å²) in [5, 5.41) is 19.4. The van der Waals surface area contributed by atoms with Gasteiger partial charge in [0.25, 0.3) is 11.8 Å². The SMILES string of the molecule is O=C(c1cccc(O)c1)N1CCCN(C(=O)c2ccccc2O)CC1. The van der Waals surface area contributed by atoms with E-state index in [-0.39, 0.29) is 28.9 Å². The Morgan fingerprint density at radius 2 is 1.48 bits per heavy atom. The fraction of sp³-hybridized carbons (Fsp3) is 0.263. The van der Waals surface area contributed by atoms with Gasteiger partial charge in [0.2, 0.25) is 0 Å². The average molecular weight is 340 g/mol. The number of nitrogens with zero attached hydrogens (tertiary/aromatic N) is 2. The molecule has 6 nitrogen and oxygen atoms in total. The van der Waals surface area contributed by atoms with Crippen LogP contribution in [0.15, 0.2) is 48.5 Å². The Morgan fingerprint density at radius 3 is 2.16 bits per heavy atom. The van der Waals surface area contributed by atoms with Gasteiger partial charge >= 0.3 is 0 Å². The number of carbonyl (C=O) groups is 2. The molecule has 0 bridgehead atoms. The first-order chi connectivity index (χ1) is 12.1. The third-order valence-corrected chi connectivity index (χ3v) is 4.30. The van der Waals surface area contributed by atoms with Gasteiger partial charge in [-0.1, -0.05) is 18.2 Å². The Labute approximate surface area is 145 Å². The maximum Gasteiger partial charge on any atom is 0.257 e. The molecule has 0 aliphatic carbocycles. The molecule has 1 aliphatic heterocycles. The Kier molecular flexibility index (Phi) is 4.88. The summed E-state index contributed by atoms with van der Waals surface area (Å²) >= 11 is 0. The van der Waals surface area contributed by atoms with Crippen molar-refractivity contribution in [2.45, 2.75) is 6.42 Å². The number of phenols is 2. The maximum absolute atomic E-state index is 12.6. The highest BCUT2D eigenvalue weighted by atomic mass is 16.3. The molecule has 2 N–H and O–H groups in total. The van der Waals surface area contributed by atoms with Crippen molar-refractivity contribution in [2.24, 2.45) is 0 Å². The van der Waals surface area contributed by atoms with E-state index in [9.17, 15) is 19.8 Å². The normalized spacial score (nSPS) is 14.9. The second kappa shape index (κ2) is 7.25. The van der Waals surface area contributed by atoms with Crippen LogP contribution in [0.5, 0.6) is 11.5 Å². The molecule has 1 heterocycles. The molecule has 1 saturated heterocycles. The van der Waals surface area contributed by atoms with E-state index in [0.717, 1.165) is 0 Å². The van der Waals surface area contributed by atoms with Crippen molar-refractivity contribution in [1.82, 2.24) is 9.80 Å². The van der Waals surface area contributed by atoms with E-state index in [0.29, 0.717) is 38.2 Å². The molecule has 1 aliphatic rings. The predicted octanol–water partition coefficient (Wildman–Crippen LogP) is 2.09. The molecule has 0 spiro atoms. The van der Waals surface area contributed by atoms with Crippen molar-refractivity contribution < 1.29 is 19.8 Å². The van der Waals surface area contributed by atoms with Gasteiger partial charge in [-0.3, -0.25) is 9.59 Å². The molecule has 2 amide bonds. The standard InChI is InChI=1S/C19H20N2O4/c22-15-6-3-5-14(13-15)18(24)20-9-4-10-21(12-11-20)19(25)16-7-1-2-8-17(16)23/h1-3,5-8,13,22-23H,4,9-12H2. The minimum Gasteiger partial charge on any atom is -0.508 e. The smallest absolute Gasteiger partial charge is 0.257 e. The maximum atomic E-state index is 12.6. The van der Waals surface area contributed by atoms with E-state index in [2.05, 4.69) is 0 Å². The van der Waals surface area contributed by atoms with Crippen molar-refractivity contribution in [3.8, 4) is 11.5 Å². The first-order valence-electron chi connectivity index (χ1n) is 8.22. The second-order valence-electron chi connectivity index (χ2n) is 6.01. The Bertz CT molecular complexity index is 790. The van der Waals surface area contributed by atoms with Gasteiger partial charge in [0.15, 0.2) is 0 Å². The molecular formula is C19H20N2O4. The van der Waals surface area contributed by atoms with Crippen LogP contribution in [0.1, 0.15) is 27.1 Å². The highest BCUT2D eigenvalue weighted by Crippen LogP contribution is 2.19. The monoisotopic (exact) mass is 340 g/mol. The van der Waals surface area contributed by atoms with E-state index >= 15 is 0 Å². The Balaban J connectivity index is 1.69. The minimum absolute atomic E-state index is 0.0376. The van der Waals surface area contributed by atoms with Gasteiger partial charge in [0, 0.05) is 31.7 Å². The molecule has 0 unspecified atom stereocenters. The summed E-state index contributed by atoms with van der Waals surface area (Å²) in [6, 6.07) is 12.7. The number of phenolic OH excluding ortho intramolecular Hbond substituents is 2. The highest BCUT2D eigenvalue weighted by molar-refractivity contribution is 5.97. The van der Waals surface area contributed by atoms with Crippen LogP contribution in [-0.2, 0) is 0 Å². The first kappa shape index (κ1) is 16.8. The number of benzene rings is 2. The lowest BCUT2D eigenvalue weighted by atomic mass is 10.1. The fourth-order valence-corrected chi connectivity index (χ4v) is 2.97. The molecule has 25 heavy (non-hydrogen) atoms. The molecule has 3 rings (SSSR count). The van der Waals surface area contributed by atoms with Crippen LogP contribution in [-0.4, -0.2) is 58.0 Å². The summed E-state index contributed by atoms with van der Waals surface area (Å²) in [7, 11) is 0. The lowest BCUT2D eigenvalue weighted by Crippen LogP contribution is -2.37. The number of hydrogen-bond acceptors (Lipinski definition) is 4.